The fourth-order valence-corrected chi connectivity index (χ4v) is 2.17. The normalized spacial score (nSPS) is 12.3. The Balaban J connectivity index is 1.97. The molecule has 0 spiro atoms. The summed E-state index contributed by atoms with van der Waals surface area (Å²) in [5.41, 5.74) is 1.13. The SMILES string of the molecule is CCCn1cc(C(COc2cccc(Cl)c2)NC)cn1. The number of halogens is 1. The number of nitrogens with zero attached hydrogens (tertiary/aromatic N) is 2. The van der Waals surface area contributed by atoms with Crippen LogP contribution in [0.25, 0.3) is 0 Å². The van der Waals surface area contributed by atoms with E-state index in [-0.39, 0.29) is 6.04 Å². The summed E-state index contributed by atoms with van der Waals surface area (Å²) in [6.45, 7) is 3.61. The maximum Gasteiger partial charge on any atom is 0.120 e. The molecule has 4 nitrogen and oxygen atoms in total. The summed E-state index contributed by atoms with van der Waals surface area (Å²) in [4.78, 5) is 0. The van der Waals surface area contributed by atoms with E-state index in [0.717, 1.165) is 24.3 Å². The average molecular weight is 294 g/mol. The second-order valence-corrected chi connectivity index (χ2v) is 5.08. The molecule has 2 rings (SSSR count). The fourth-order valence-electron chi connectivity index (χ4n) is 1.99. The van der Waals surface area contributed by atoms with Gasteiger partial charge in [-0.25, -0.2) is 0 Å². The standard InChI is InChI=1S/C15H20ClN3O/c1-3-7-19-10-12(9-18-19)15(17-2)11-20-14-6-4-5-13(16)8-14/h4-6,8-10,15,17H,3,7,11H2,1-2H3. The van der Waals surface area contributed by atoms with Gasteiger partial charge < -0.3 is 10.1 Å². The summed E-state index contributed by atoms with van der Waals surface area (Å²) in [6.07, 6.45) is 5.02. The molecule has 1 atom stereocenters. The Morgan fingerprint density at radius 1 is 1.45 bits per heavy atom. The lowest BCUT2D eigenvalue weighted by Gasteiger charge is -2.15. The third-order valence-electron chi connectivity index (χ3n) is 3.07. The summed E-state index contributed by atoms with van der Waals surface area (Å²) in [5, 5.41) is 8.27. The lowest BCUT2D eigenvalue weighted by molar-refractivity contribution is 0.273. The molecule has 0 aliphatic rings. The highest BCUT2D eigenvalue weighted by atomic mass is 35.5. The van der Waals surface area contributed by atoms with E-state index in [1.165, 1.54) is 0 Å². The number of rotatable bonds is 7. The van der Waals surface area contributed by atoms with Gasteiger partial charge >= 0.3 is 0 Å². The van der Waals surface area contributed by atoms with E-state index in [0.29, 0.717) is 11.6 Å². The van der Waals surface area contributed by atoms with Crippen molar-refractivity contribution in [3.05, 3.63) is 47.2 Å². The van der Waals surface area contributed by atoms with Crippen LogP contribution in [0.15, 0.2) is 36.7 Å². The fraction of sp³-hybridized carbons (Fsp3) is 0.400. The van der Waals surface area contributed by atoms with E-state index in [9.17, 15) is 0 Å². The van der Waals surface area contributed by atoms with E-state index in [2.05, 4.69) is 23.5 Å². The second kappa shape index (κ2) is 7.31. The minimum absolute atomic E-state index is 0.111. The zero-order chi connectivity index (χ0) is 14.4. The molecule has 0 saturated heterocycles. The van der Waals surface area contributed by atoms with Gasteiger partial charge in [0.15, 0.2) is 0 Å². The minimum atomic E-state index is 0.111. The van der Waals surface area contributed by atoms with Crippen molar-refractivity contribution in [2.45, 2.75) is 25.9 Å². The Kier molecular flexibility index (Phi) is 5.44. The Hall–Kier alpha value is -1.52. The average Bonchev–Trinajstić information content (AvgIpc) is 2.89. The van der Waals surface area contributed by atoms with Crippen LogP contribution in [-0.2, 0) is 6.54 Å². The summed E-state index contributed by atoms with van der Waals surface area (Å²) < 4.78 is 7.74. The first-order chi connectivity index (χ1) is 9.72. The van der Waals surface area contributed by atoms with Gasteiger partial charge in [-0.3, -0.25) is 4.68 Å². The molecule has 2 aromatic rings. The van der Waals surface area contributed by atoms with E-state index >= 15 is 0 Å². The van der Waals surface area contributed by atoms with Crippen molar-refractivity contribution in [1.29, 1.82) is 0 Å². The number of hydrogen-bond donors (Lipinski definition) is 1. The van der Waals surface area contributed by atoms with Crippen LogP contribution in [-0.4, -0.2) is 23.4 Å². The smallest absolute Gasteiger partial charge is 0.120 e. The molecular formula is C15H20ClN3O. The predicted octanol–water partition coefficient (Wildman–Crippen LogP) is 3.29. The Bertz CT molecular complexity index is 541. The predicted molar refractivity (Wildman–Crippen MR) is 81.3 cm³/mol. The van der Waals surface area contributed by atoms with Crippen molar-refractivity contribution in [1.82, 2.24) is 15.1 Å². The zero-order valence-electron chi connectivity index (χ0n) is 11.8. The molecule has 20 heavy (non-hydrogen) atoms. The van der Waals surface area contributed by atoms with E-state index in [1.54, 1.807) is 0 Å². The largest absolute Gasteiger partial charge is 0.492 e. The van der Waals surface area contributed by atoms with Crippen LogP contribution >= 0.6 is 11.6 Å². The molecule has 0 fully saturated rings. The molecule has 1 N–H and O–H groups in total. The number of aryl methyl sites for hydroxylation is 1. The van der Waals surface area contributed by atoms with Crippen molar-refractivity contribution in [3.63, 3.8) is 0 Å². The van der Waals surface area contributed by atoms with Crippen LogP contribution in [0, 0.1) is 0 Å². The number of benzene rings is 1. The van der Waals surface area contributed by atoms with E-state index in [1.807, 2.05) is 42.2 Å². The molecular weight excluding hydrogens is 274 g/mol. The molecule has 0 amide bonds. The first kappa shape index (κ1) is 14.9. The van der Waals surface area contributed by atoms with Gasteiger partial charge in [-0.15, -0.1) is 0 Å². The van der Waals surface area contributed by atoms with E-state index in [4.69, 9.17) is 16.3 Å². The van der Waals surface area contributed by atoms with E-state index < -0.39 is 0 Å². The molecule has 0 saturated carbocycles. The summed E-state index contributed by atoms with van der Waals surface area (Å²) >= 11 is 5.94. The first-order valence-electron chi connectivity index (χ1n) is 6.81. The van der Waals surface area contributed by atoms with Crippen LogP contribution in [0.5, 0.6) is 5.75 Å². The summed E-state index contributed by atoms with van der Waals surface area (Å²) in [5.74, 6) is 0.777. The summed E-state index contributed by atoms with van der Waals surface area (Å²) in [7, 11) is 1.92. The number of aromatic nitrogens is 2. The van der Waals surface area contributed by atoms with Gasteiger partial charge in [0.2, 0.25) is 0 Å². The van der Waals surface area contributed by atoms with Crippen LogP contribution in [0.1, 0.15) is 24.9 Å². The third-order valence-corrected chi connectivity index (χ3v) is 3.30. The van der Waals surface area contributed by atoms with Gasteiger partial charge in [0.1, 0.15) is 12.4 Å². The van der Waals surface area contributed by atoms with Gasteiger partial charge in [-0.05, 0) is 31.7 Å². The monoisotopic (exact) mass is 293 g/mol. The van der Waals surface area contributed by atoms with Gasteiger partial charge in [0, 0.05) is 23.3 Å². The molecule has 1 heterocycles. The Morgan fingerprint density at radius 2 is 2.30 bits per heavy atom. The third kappa shape index (κ3) is 3.99. The van der Waals surface area contributed by atoms with Crippen LogP contribution in [0.4, 0.5) is 0 Å². The number of likely N-dealkylation sites (N-methyl/N-ethyl adjacent to an activating group) is 1. The maximum absolute atomic E-state index is 5.94. The van der Waals surface area contributed by atoms with Crippen molar-refractivity contribution in [2.24, 2.45) is 0 Å². The van der Waals surface area contributed by atoms with Crippen molar-refractivity contribution in [3.8, 4) is 5.75 Å². The number of ether oxygens (including phenoxy) is 1. The number of nitrogens with one attached hydrogen (secondary N) is 1. The van der Waals surface area contributed by atoms with Gasteiger partial charge in [-0.1, -0.05) is 24.6 Å². The molecule has 5 heteroatoms. The molecule has 1 aromatic heterocycles. The van der Waals surface area contributed by atoms with Crippen LogP contribution in [0.2, 0.25) is 5.02 Å². The maximum atomic E-state index is 5.94. The topological polar surface area (TPSA) is 39.1 Å². The molecule has 0 radical (unpaired) electrons. The Morgan fingerprint density at radius 3 is 3.00 bits per heavy atom. The van der Waals surface area contributed by atoms with Gasteiger partial charge in [0.05, 0.1) is 12.2 Å². The van der Waals surface area contributed by atoms with Crippen molar-refractivity contribution in [2.75, 3.05) is 13.7 Å². The molecule has 0 bridgehead atoms. The number of hydrogen-bond acceptors (Lipinski definition) is 3. The molecule has 0 aliphatic carbocycles. The minimum Gasteiger partial charge on any atom is -0.492 e. The van der Waals surface area contributed by atoms with Crippen molar-refractivity contribution < 1.29 is 4.74 Å². The second-order valence-electron chi connectivity index (χ2n) is 4.65. The summed E-state index contributed by atoms with van der Waals surface area (Å²) in [6, 6.07) is 7.54. The van der Waals surface area contributed by atoms with Crippen LogP contribution < -0.4 is 10.1 Å². The first-order valence-corrected chi connectivity index (χ1v) is 7.18. The highest BCUT2D eigenvalue weighted by Gasteiger charge is 2.12. The molecule has 1 aromatic carbocycles. The van der Waals surface area contributed by atoms with Gasteiger partial charge in [0.25, 0.3) is 0 Å². The van der Waals surface area contributed by atoms with Crippen molar-refractivity contribution >= 4 is 11.6 Å². The highest BCUT2D eigenvalue weighted by molar-refractivity contribution is 6.30. The zero-order valence-corrected chi connectivity index (χ0v) is 12.6. The van der Waals surface area contributed by atoms with Gasteiger partial charge in [-0.2, -0.15) is 5.10 Å². The lowest BCUT2D eigenvalue weighted by Crippen LogP contribution is -2.23. The quantitative estimate of drug-likeness (QED) is 0.851. The molecule has 1 unspecified atom stereocenters. The highest BCUT2D eigenvalue weighted by Crippen LogP contribution is 2.19. The lowest BCUT2D eigenvalue weighted by atomic mass is 10.2. The Labute approximate surface area is 124 Å². The molecule has 108 valence electrons. The van der Waals surface area contributed by atoms with Crippen LogP contribution in [0.3, 0.4) is 0 Å². The molecule has 0 aliphatic heterocycles.